The lowest BCUT2D eigenvalue weighted by molar-refractivity contribution is 0.423. The Morgan fingerprint density at radius 3 is 2.89 bits per heavy atom. The van der Waals surface area contributed by atoms with Crippen molar-refractivity contribution < 1.29 is 0 Å². The molecule has 0 amide bonds. The average Bonchev–Trinajstić information content (AvgIpc) is 2.82. The van der Waals surface area contributed by atoms with Gasteiger partial charge in [-0.2, -0.15) is 0 Å². The van der Waals surface area contributed by atoms with Crippen LogP contribution in [0.25, 0.3) is 11.0 Å². The normalized spacial score (nSPS) is 17.3. The first-order chi connectivity index (χ1) is 8.92. The third-order valence-electron chi connectivity index (χ3n) is 3.50. The summed E-state index contributed by atoms with van der Waals surface area (Å²) in [5.41, 5.74) is 2.19. The molecule has 1 aliphatic rings. The summed E-state index contributed by atoms with van der Waals surface area (Å²) in [6, 6.07) is 8.89. The number of aromatic nitrogens is 2. The van der Waals surface area contributed by atoms with Crippen LogP contribution in [0.4, 0.5) is 0 Å². The number of aromatic amines is 1. The van der Waals surface area contributed by atoms with Crippen LogP contribution in [0.15, 0.2) is 24.3 Å². The maximum Gasteiger partial charge on any atom is 0.118 e. The molecule has 1 aromatic carbocycles. The molecule has 0 radical (unpaired) electrons. The molecule has 0 atom stereocenters. The second-order valence-corrected chi connectivity index (χ2v) is 5.76. The number of H-pyrrole nitrogens is 1. The molecular formula is C14H19N3S. The van der Waals surface area contributed by atoms with E-state index in [1.807, 2.05) is 12.1 Å². The molecule has 3 rings (SSSR count). The average molecular weight is 261 g/mol. The summed E-state index contributed by atoms with van der Waals surface area (Å²) in [6.45, 7) is 0. The van der Waals surface area contributed by atoms with Crippen molar-refractivity contribution in [2.75, 3.05) is 0 Å². The molecule has 4 heteroatoms. The lowest BCUT2D eigenvalue weighted by Gasteiger charge is -2.21. The Balaban J connectivity index is 1.53. The van der Waals surface area contributed by atoms with E-state index in [1.165, 1.54) is 32.1 Å². The largest absolute Gasteiger partial charge is 0.341 e. The van der Waals surface area contributed by atoms with Gasteiger partial charge in [0.2, 0.25) is 0 Å². The molecule has 1 aliphatic carbocycles. The Morgan fingerprint density at radius 2 is 2.06 bits per heavy atom. The number of hydrogen-bond donors (Lipinski definition) is 2. The quantitative estimate of drug-likeness (QED) is 0.826. The minimum absolute atomic E-state index is 0.702. The molecule has 2 aromatic rings. The lowest BCUT2D eigenvalue weighted by atomic mass is 9.96. The van der Waals surface area contributed by atoms with E-state index in [9.17, 15) is 0 Å². The van der Waals surface area contributed by atoms with Crippen molar-refractivity contribution in [3.8, 4) is 0 Å². The van der Waals surface area contributed by atoms with Gasteiger partial charge in [0.05, 0.1) is 16.8 Å². The number of hydrogen-bond acceptors (Lipinski definition) is 3. The smallest absolute Gasteiger partial charge is 0.118 e. The standard InChI is InChI=1S/C14H19N3S/c1-2-6-11(7-3-1)17-18-10-14-15-12-8-4-5-9-13(12)16-14/h4-5,8-9,11,17H,1-3,6-7,10H2,(H,15,16). The van der Waals surface area contributed by atoms with Crippen molar-refractivity contribution in [1.29, 1.82) is 0 Å². The van der Waals surface area contributed by atoms with Gasteiger partial charge in [-0.05, 0) is 25.0 Å². The Labute approximate surface area is 112 Å². The van der Waals surface area contributed by atoms with Gasteiger partial charge in [0, 0.05) is 6.04 Å². The van der Waals surface area contributed by atoms with Gasteiger partial charge < -0.3 is 4.98 Å². The highest BCUT2D eigenvalue weighted by Gasteiger charge is 2.12. The van der Waals surface area contributed by atoms with Crippen molar-refractivity contribution in [3.63, 3.8) is 0 Å². The Morgan fingerprint density at radius 1 is 1.22 bits per heavy atom. The zero-order valence-corrected chi connectivity index (χ0v) is 11.3. The maximum absolute atomic E-state index is 4.58. The summed E-state index contributed by atoms with van der Waals surface area (Å²) < 4.78 is 3.57. The van der Waals surface area contributed by atoms with E-state index in [0.717, 1.165) is 22.6 Å². The van der Waals surface area contributed by atoms with E-state index < -0.39 is 0 Å². The summed E-state index contributed by atoms with van der Waals surface area (Å²) >= 11 is 1.78. The van der Waals surface area contributed by atoms with Crippen LogP contribution in [0.2, 0.25) is 0 Å². The fourth-order valence-electron chi connectivity index (χ4n) is 2.52. The summed E-state index contributed by atoms with van der Waals surface area (Å²) in [5.74, 6) is 1.97. The SMILES string of the molecule is c1ccc2[nH]c(CSNC3CCCCC3)nc2c1. The highest BCUT2D eigenvalue weighted by Crippen LogP contribution is 2.20. The zero-order chi connectivity index (χ0) is 12.2. The predicted octanol–water partition coefficient (Wildman–Crippen LogP) is 3.63. The minimum atomic E-state index is 0.702. The summed E-state index contributed by atoms with van der Waals surface area (Å²) in [7, 11) is 0. The highest BCUT2D eigenvalue weighted by molar-refractivity contribution is 7.96. The number of para-hydroxylation sites is 2. The van der Waals surface area contributed by atoms with E-state index in [4.69, 9.17) is 0 Å². The zero-order valence-electron chi connectivity index (χ0n) is 10.5. The van der Waals surface area contributed by atoms with Crippen LogP contribution in [0.3, 0.4) is 0 Å². The molecule has 1 saturated carbocycles. The molecule has 2 N–H and O–H groups in total. The monoisotopic (exact) mass is 261 g/mol. The predicted molar refractivity (Wildman–Crippen MR) is 77.4 cm³/mol. The Kier molecular flexibility index (Phi) is 3.86. The summed E-state index contributed by atoms with van der Waals surface area (Å²) in [6.07, 6.45) is 6.82. The molecular weight excluding hydrogens is 242 g/mol. The number of fused-ring (bicyclic) bond motifs is 1. The van der Waals surface area contributed by atoms with Crippen LogP contribution < -0.4 is 4.72 Å². The first kappa shape index (κ1) is 12.1. The molecule has 18 heavy (non-hydrogen) atoms. The van der Waals surface area contributed by atoms with Gasteiger partial charge in [-0.15, -0.1) is 0 Å². The molecule has 1 heterocycles. The number of imidazole rings is 1. The van der Waals surface area contributed by atoms with Crippen LogP contribution in [0.5, 0.6) is 0 Å². The highest BCUT2D eigenvalue weighted by atomic mass is 32.2. The van der Waals surface area contributed by atoms with Crippen LogP contribution in [0.1, 0.15) is 37.9 Å². The van der Waals surface area contributed by atoms with E-state index in [1.54, 1.807) is 11.9 Å². The van der Waals surface area contributed by atoms with Gasteiger partial charge in [0.25, 0.3) is 0 Å². The van der Waals surface area contributed by atoms with Crippen molar-refractivity contribution in [1.82, 2.24) is 14.7 Å². The number of nitrogens with zero attached hydrogens (tertiary/aromatic N) is 1. The van der Waals surface area contributed by atoms with E-state index >= 15 is 0 Å². The van der Waals surface area contributed by atoms with Gasteiger partial charge in [0.15, 0.2) is 0 Å². The number of benzene rings is 1. The molecule has 96 valence electrons. The molecule has 0 spiro atoms. The van der Waals surface area contributed by atoms with Crippen LogP contribution in [-0.2, 0) is 5.75 Å². The number of nitrogens with one attached hydrogen (secondary N) is 2. The topological polar surface area (TPSA) is 40.7 Å². The van der Waals surface area contributed by atoms with E-state index in [2.05, 4.69) is 26.8 Å². The van der Waals surface area contributed by atoms with Crippen LogP contribution in [0, 0.1) is 0 Å². The fourth-order valence-corrected chi connectivity index (χ4v) is 3.35. The minimum Gasteiger partial charge on any atom is -0.341 e. The first-order valence-electron chi connectivity index (χ1n) is 6.73. The summed E-state index contributed by atoms with van der Waals surface area (Å²) in [5, 5.41) is 0. The Hall–Kier alpha value is -1.00. The van der Waals surface area contributed by atoms with Gasteiger partial charge in [-0.1, -0.05) is 43.3 Å². The van der Waals surface area contributed by atoms with Crippen LogP contribution >= 0.6 is 11.9 Å². The molecule has 0 unspecified atom stereocenters. The fraction of sp³-hybridized carbons (Fsp3) is 0.500. The van der Waals surface area contributed by atoms with Gasteiger partial charge >= 0.3 is 0 Å². The second kappa shape index (κ2) is 5.76. The van der Waals surface area contributed by atoms with Crippen molar-refractivity contribution in [2.24, 2.45) is 0 Å². The Bertz CT molecular complexity index is 469. The van der Waals surface area contributed by atoms with Gasteiger partial charge in [-0.3, -0.25) is 4.72 Å². The van der Waals surface area contributed by atoms with Crippen molar-refractivity contribution >= 4 is 23.0 Å². The third-order valence-corrected chi connectivity index (χ3v) is 4.42. The lowest BCUT2D eigenvalue weighted by Crippen LogP contribution is -2.25. The molecule has 0 saturated heterocycles. The summed E-state index contributed by atoms with van der Waals surface area (Å²) in [4.78, 5) is 7.94. The van der Waals surface area contributed by atoms with Crippen molar-refractivity contribution in [3.05, 3.63) is 30.1 Å². The first-order valence-corrected chi connectivity index (χ1v) is 7.71. The van der Waals surface area contributed by atoms with Gasteiger partial charge in [0.1, 0.15) is 5.82 Å². The molecule has 1 fully saturated rings. The van der Waals surface area contributed by atoms with Crippen LogP contribution in [-0.4, -0.2) is 16.0 Å². The maximum atomic E-state index is 4.58. The third kappa shape index (κ3) is 2.87. The molecule has 0 aliphatic heterocycles. The number of rotatable bonds is 4. The van der Waals surface area contributed by atoms with Gasteiger partial charge in [-0.25, -0.2) is 4.98 Å². The van der Waals surface area contributed by atoms with E-state index in [0.29, 0.717) is 6.04 Å². The molecule has 1 aromatic heterocycles. The molecule has 3 nitrogen and oxygen atoms in total. The molecule has 0 bridgehead atoms. The van der Waals surface area contributed by atoms with E-state index in [-0.39, 0.29) is 0 Å². The van der Waals surface area contributed by atoms with Crippen molar-refractivity contribution in [2.45, 2.75) is 43.9 Å². The second-order valence-electron chi connectivity index (χ2n) is 4.94.